The summed E-state index contributed by atoms with van der Waals surface area (Å²) in [5.74, 6) is 0. The Morgan fingerprint density at radius 2 is 2.11 bits per heavy atom. The number of allylic oxidation sites excluding steroid dienone is 4. The zero-order chi connectivity index (χ0) is 13.0. The van der Waals surface area contributed by atoms with Crippen molar-refractivity contribution in [2.75, 3.05) is 5.43 Å². The van der Waals surface area contributed by atoms with Crippen molar-refractivity contribution < 1.29 is 4.92 Å². The largest absolute Gasteiger partial charge is 0.278 e. The van der Waals surface area contributed by atoms with Gasteiger partial charge in [0.15, 0.2) is 0 Å². The van der Waals surface area contributed by atoms with Crippen molar-refractivity contribution in [2.24, 2.45) is 5.10 Å². The average Bonchev–Trinajstić information content (AvgIpc) is 2.90. The number of hydrazone groups is 1. The van der Waals surface area contributed by atoms with E-state index in [1.165, 1.54) is 17.7 Å². The predicted molar refractivity (Wildman–Crippen MR) is 71.7 cm³/mol. The van der Waals surface area contributed by atoms with E-state index in [1.54, 1.807) is 12.1 Å². The molecular weight excluding hydrogens is 230 g/mol. The van der Waals surface area contributed by atoms with Crippen molar-refractivity contribution in [1.82, 2.24) is 0 Å². The van der Waals surface area contributed by atoms with E-state index in [-0.39, 0.29) is 5.69 Å². The summed E-state index contributed by atoms with van der Waals surface area (Å²) >= 11 is 0. The molecule has 0 saturated carbocycles. The van der Waals surface area contributed by atoms with Crippen LogP contribution < -0.4 is 5.43 Å². The lowest BCUT2D eigenvalue weighted by Gasteiger charge is -2.03. The molecular formula is C13H13N3O2. The van der Waals surface area contributed by atoms with Gasteiger partial charge in [0.05, 0.1) is 16.3 Å². The van der Waals surface area contributed by atoms with E-state index in [0.29, 0.717) is 0 Å². The van der Waals surface area contributed by atoms with E-state index < -0.39 is 4.92 Å². The van der Waals surface area contributed by atoms with Crippen molar-refractivity contribution >= 4 is 17.1 Å². The summed E-state index contributed by atoms with van der Waals surface area (Å²) in [5.41, 5.74) is 5.77. The maximum Gasteiger partial charge on any atom is 0.269 e. The van der Waals surface area contributed by atoms with Gasteiger partial charge in [0.1, 0.15) is 0 Å². The smallest absolute Gasteiger partial charge is 0.269 e. The number of nitrogens with one attached hydrogen (secondary N) is 1. The molecule has 0 heterocycles. The summed E-state index contributed by atoms with van der Waals surface area (Å²) in [6, 6.07) is 6.17. The van der Waals surface area contributed by atoms with Gasteiger partial charge in [-0.05, 0) is 31.1 Å². The molecule has 0 saturated heterocycles. The van der Waals surface area contributed by atoms with Gasteiger partial charge in [0, 0.05) is 12.1 Å². The zero-order valence-electron chi connectivity index (χ0n) is 9.96. The Balaban J connectivity index is 2.01. The molecule has 0 amide bonds. The minimum Gasteiger partial charge on any atom is -0.278 e. The van der Waals surface area contributed by atoms with Gasteiger partial charge in [-0.1, -0.05) is 18.2 Å². The first-order valence-electron chi connectivity index (χ1n) is 5.57. The van der Waals surface area contributed by atoms with Crippen LogP contribution in [0.2, 0.25) is 0 Å². The van der Waals surface area contributed by atoms with E-state index in [1.807, 2.05) is 19.1 Å². The molecule has 2 rings (SSSR count). The number of nitro groups is 1. The van der Waals surface area contributed by atoms with E-state index in [0.717, 1.165) is 17.8 Å². The SMILES string of the molecule is C/C(=N\Nc1ccc([N+](=O)[O-])cc1)C1=CC=CC1. The topological polar surface area (TPSA) is 67.5 Å². The summed E-state index contributed by atoms with van der Waals surface area (Å²) in [4.78, 5) is 10.1. The van der Waals surface area contributed by atoms with Crippen molar-refractivity contribution in [3.63, 3.8) is 0 Å². The molecule has 0 aromatic heterocycles. The number of anilines is 1. The Labute approximate surface area is 105 Å². The fraction of sp³-hybridized carbons (Fsp3) is 0.154. The van der Waals surface area contributed by atoms with Gasteiger partial charge in [0.25, 0.3) is 5.69 Å². The fourth-order valence-electron chi connectivity index (χ4n) is 1.59. The minimum absolute atomic E-state index is 0.0731. The van der Waals surface area contributed by atoms with Gasteiger partial charge in [-0.15, -0.1) is 0 Å². The molecule has 1 N–H and O–H groups in total. The predicted octanol–water partition coefficient (Wildman–Crippen LogP) is 3.27. The van der Waals surface area contributed by atoms with Gasteiger partial charge < -0.3 is 0 Å². The highest BCUT2D eigenvalue weighted by Gasteiger charge is 2.04. The second-order valence-electron chi connectivity index (χ2n) is 3.94. The molecule has 18 heavy (non-hydrogen) atoms. The first kappa shape index (κ1) is 12.0. The Bertz CT molecular complexity index is 542. The third kappa shape index (κ3) is 2.82. The molecule has 5 nitrogen and oxygen atoms in total. The van der Waals surface area contributed by atoms with E-state index in [9.17, 15) is 10.1 Å². The van der Waals surface area contributed by atoms with Gasteiger partial charge in [-0.2, -0.15) is 5.10 Å². The van der Waals surface area contributed by atoms with Crippen molar-refractivity contribution in [3.05, 3.63) is 58.2 Å². The van der Waals surface area contributed by atoms with Gasteiger partial charge in [-0.25, -0.2) is 0 Å². The molecule has 0 fully saturated rings. The Morgan fingerprint density at radius 1 is 1.39 bits per heavy atom. The quantitative estimate of drug-likeness (QED) is 0.501. The second-order valence-corrected chi connectivity index (χ2v) is 3.94. The van der Waals surface area contributed by atoms with Crippen LogP contribution in [0.25, 0.3) is 0 Å². The highest BCUT2D eigenvalue weighted by atomic mass is 16.6. The lowest BCUT2D eigenvalue weighted by molar-refractivity contribution is -0.384. The van der Waals surface area contributed by atoms with Crippen LogP contribution in [-0.4, -0.2) is 10.6 Å². The molecule has 1 aliphatic rings. The first-order chi connectivity index (χ1) is 8.66. The number of non-ortho nitro benzene ring substituents is 1. The van der Waals surface area contributed by atoms with Crippen LogP contribution in [0, 0.1) is 10.1 Å². The van der Waals surface area contributed by atoms with E-state index >= 15 is 0 Å². The van der Waals surface area contributed by atoms with Crippen LogP contribution in [0.1, 0.15) is 13.3 Å². The summed E-state index contributed by atoms with van der Waals surface area (Å²) in [7, 11) is 0. The molecule has 92 valence electrons. The molecule has 1 aromatic rings. The van der Waals surface area contributed by atoms with Crippen LogP contribution in [0.4, 0.5) is 11.4 Å². The molecule has 0 spiro atoms. The Morgan fingerprint density at radius 3 is 2.67 bits per heavy atom. The Kier molecular flexibility index (Phi) is 3.52. The molecule has 1 aromatic carbocycles. The van der Waals surface area contributed by atoms with Crippen LogP contribution in [-0.2, 0) is 0 Å². The number of nitrogens with zero attached hydrogens (tertiary/aromatic N) is 2. The Hall–Kier alpha value is -2.43. The lowest BCUT2D eigenvalue weighted by Crippen LogP contribution is -2.00. The molecule has 1 aliphatic carbocycles. The first-order valence-corrected chi connectivity index (χ1v) is 5.57. The molecule has 5 heteroatoms. The summed E-state index contributed by atoms with van der Waals surface area (Å²) in [6.45, 7) is 1.93. The standard InChI is InChI=1S/C13H13N3O2/c1-10(11-4-2-3-5-11)14-15-12-6-8-13(9-7-12)16(17)18/h2-4,6-9,15H,5H2,1H3/b14-10+. The van der Waals surface area contributed by atoms with Gasteiger partial charge in [0.2, 0.25) is 0 Å². The van der Waals surface area contributed by atoms with Gasteiger partial charge in [-0.3, -0.25) is 15.5 Å². The molecule has 0 unspecified atom stereocenters. The van der Waals surface area contributed by atoms with Crippen molar-refractivity contribution in [3.8, 4) is 0 Å². The highest BCUT2D eigenvalue weighted by Crippen LogP contribution is 2.16. The number of hydrogen-bond acceptors (Lipinski definition) is 4. The summed E-state index contributed by atoms with van der Waals surface area (Å²) in [6.07, 6.45) is 6.99. The maximum atomic E-state index is 10.5. The number of nitro benzene ring substituents is 1. The fourth-order valence-corrected chi connectivity index (χ4v) is 1.59. The molecule has 0 aliphatic heterocycles. The average molecular weight is 243 g/mol. The number of hydrogen-bond donors (Lipinski definition) is 1. The second kappa shape index (κ2) is 5.27. The third-order valence-corrected chi connectivity index (χ3v) is 2.67. The third-order valence-electron chi connectivity index (χ3n) is 2.67. The van der Waals surface area contributed by atoms with Crippen LogP contribution in [0.3, 0.4) is 0 Å². The molecule has 0 atom stereocenters. The number of rotatable bonds is 4. The minimum atomic E-state index is -0.423. The van der Waals surface area contributed by atoms with Gasteiger partial charge >= 0.3 is 0 Å². The van der Waals surface area contributed by atoms with Crippen molar-refractivity contribution in [2.45, 2.75) is 13.3 Å². The summed E-state index contributed by atoms with van der Waals surface area (Å²) in [5, 5.41) is 14.7. The van der Waals surface area contributed by atoms with Crippen LogP contribution in [0.5, 0.6) is 0 Å². The highest BCUT2D eigenvalue weighted by molar-refractivity contribution is 5.99. The van der Waals surface area contributed by atoms with E-state index in [4.69, 9.17) is 0 Å². The zero-order valence-corrected chi connectivity index (χ0v) is 9.96. The van der Waals surface area contributed by atoms with E-state index in [2.05, 4.69) is 16.6 Å². The maximum absolute atomic E-state index is 10.5. The molecule has 0 bridgehead atoms. The van der Waals surface area contributed by atoms with Crippen molar-refractivity contribution in [1.29, 1.82) is 0 Å². The van der Waals surface area contributed by atoms with Crippen LogP contribution >= 0.6 is 0 Å². The monoisotopic (exact) mass is 243 g/mol. The molecule has 0 radical (unpaired) electrons. The summed E-state index contributed by atoms with van der Waals surface area (Å²) < 4.78 is 0. The lowest BCUT2D eigenvalue weighted by atomic mass is 10.1. The van der Waals surface area contributed by atoms with Crippen LogP contribution in [0.15, 0.2) is 53.2 Å². The normalized spacial score (nSPS) is 14.5. The number of benzene rings is 1.